The van der Waals surface area contributed by atoms with Gasteiger partial charge in [0.2, 0.25) is 0 Å². The maximum Gasteiger partial charge on any atom is 0.306 e. The zero-order valence-corrected chi connectivity index (χ0v) is 8.84. The Labute approximate surface area is 80.3 Å². The summed E-state index contributed by atoms with van der Waals surface area (Å²) in [5.74, 6) is -0.464. The molecule has 0 aromatic heterocycles. The van der Waals surface area contributed by atoms with Crippen LogP contribution in [-0.2, 0) is 4.79 Å². The van der Waals surface area contributed by atoms with Gasteiger partial charge in [0, 0.05) is 0 Å². The van der Waals surface area contributed by atoms with Gasteiger partial charge in [-0.05, 0) is 24.2 Å². The molecule has 0 spiro atoms. The van der Waals surface area contributed by atoms with Crippen molar-refractivity contribution in [3.05, 3.63) is 0 Å². The average Bonchev–Trinajstić information content (AvgIpc) is 2.02. The Hall–Kier alpha value is -0.530. The molecule has 0 amide bonds. The van der Waals surface area contributed by atoms with Crippen LogP contribution >= 0.6 is 0 Å². The van der Waals surface area contributed by atoms with Crippen LogP contribution in [0.5, 0.6) is 0 Å². The predicted octanol–water partition coefficient (Wildman–Crippen LogP) is 2.92. The van der Waals surface area contributed by atoms with Crippen molar-refractivity contribution in [1.29, 1.82) is 0 Å². The average molecular weight is 184 g/mol. The van der Waals surface area contributed by atoms with Gasteiger partial charge in [0.15, 0.2) is 0 Å². The zero-order chi connectivity index (χ0) is 10.1. The molecule has 2 unspecified atom stereocenters. The molecule has 2 nitrogen and oxygen atoms in total. The summed E-state index contributed by atoms with van der Waals surface area (Å²) in [4.78, 5) is 10.9. The first-order chi connectivity index (χ1) is 5.95. The third-order valence-electron chi connectivity index (χ3n) is 3.58. The second kappa shape index (κ2) is 3.69. The summed E-state index contributed by atoms with van der Waals surface area (Å²) in [7, 11) is 0. The fourth-order valence-electron chi connectivity index (χ4n) is 2.62. The summed E-state index contributed by atoms with van der Waals surface area (Å²) in [5.41, 5.74) is 0.218. The molecule has 0 aromatic rings. The van der Waals surface area contributed by atoms with Crippen LogP contribution < -0.4 is 0 Å². The quantitative estimate of drug-likeness (QED) is 0.716. The Balaban J connectivity index is 2.70. The van der Waals surface area contributed by atoms with Gasteiger partial charge < -0.3 is 5.11 Å². The van der Waals surface area contributed by atoms with E-state index in [1.165, 1.54) is 19.3 Å². The van der Waals surface area contributed by atoms with Gasteiger partial charge in [-0.1, -0.05) is 33.6 Å². The van der Waals surface area contributed by atoms with Crippen LogP contribution in [0.3, 0.4) is 0 Å². The van der Waals surface area contributed by atoms with E-state index < -0.39 is 5.97 Å². The fourth-order valence-corrected chi connectivity index (χ4v) is 2.62. The Morgan fingerprint density at radius 3 is 2.54 bits per heavy atom. The lowest BCUT2D eigenvalue weighted by Crippen LogP contribution is -2.35. The van der Waals surface area contributed by atoms with Gasteiger partial charge in [-0.25, -0.2) is 0 Å². The summed E-state index contributed by atoms with van der Waals surface area (Å²) in [6.07, 6.45) is 4.72. The highest BCUT2D eigenvalue weighted by atomic mass is 16.4. The lowest BCUT2D eigenvalue weighted by atomic mass is 9.64. The molecule has 0 bridgehead atoms. The van der Waals surface area contributed by atoms with Gasteiger partial charge in [0.05, 0.1) is 5.92 Å². The van der Waals surface area contributed by atoms with Gasteiger partial charge in [-0.3, -0.25) is 4.79 Å². The van der Waals surface area contributed by atoms with E-state index in [2.05, 4.69) is 13.8 Å². The van der Waals surface area contributed by atoms with Crippen LogP contribution in [0.15, 0.2) is 0 Å². The summed E-state index contributed by atoms with van der Waals surface area (Å²) in [6.45, 7) is 6.26. The van der Waals surface area contributed by atoms with Gasteiger partial charge in [-0.2, -0.15) is 0 Å². The number of hydrogen-bond acceptors (Lipinski definition) is 1. The maximum atomic E-state index is 10.9. The lowest BCUT2D eigenvalue weighted by molar-refractivity contribution is -0.145. The molecule has 1 rings (SSSR count). The summed E-state index contributed by atoms with van der Waals surface area (Å²) in [5, 5.41) is 8.97. The second-order valence-electron chi connectivity index (χ2n) is 4.97. The first-order valence-corrected chi connectivity index (χ1v) is 5.18. The minimum Gasteiger partial charge on any atom is -0.481 e. The van der Waals surface area contributed by atoms with Crippen LogP contribution in [-0.4, -0.2) is 11.1 Å². The standard InChI is InChI=1S/C11H20O2/c1-8(10(12)13)9-6-4-5-7-11(9,2)3/h8-9H,4-7H2,1-3H3,(H,12,13). The lowest BCUT2D eigenvalue weighted by Gasteiger charge is -2.40. The van der Waals surface area contributed by atoms with Crippen molar-refractivity contribution in [1.82, 2.24) is 0 Å². The van der Waals surface area contributed by atoms with Crippen molar-refractivity contribution in [2.24, 2.45) is 17.3 Å². The molecule has 76 valence electrons. The molecule has 1 fully saturated rings. The number of rotatable bonds is 2. The third kappa shape index (κ3) is 2.23. The Bertz CT molecular complexity index is 196. The van der Waals surface area contributed by atoms with E-state index in [9.17, 15) is 4.79 Å². The molecule has 0 aromatic carbocycles. The number of carboxylic acid groups (broad SMARTS) is 1. The normalized spacial score (nSPS) is 29.6. The summed E-state index contributed by atoms with van der Waals surface area (Å²) < 4.78 is 0. The first kappa shape index (κ1) is 10.6. The van der Waals surface area contributed by atoms with Crippen LogP contribution in [0.4, 0.5) is 0 Å². The minimum atomic E-state index is -0.639. The van der Waals surface area contributed by atoms with Crippen molar-refractivity contribution >= 4 is 5.97 Å². The molecular formula is C11H20O2. The van der Waals surface area contributed by atoms with Crippen LogP contribution in [0.1, 0.15) is 46.5 Å². The maximum absolute atomic E-state index is 10.9. The number of carboxylic acids is 1. The van der Waals surface area contributed by atoms with Gasteiger partial charge in [0.1, 0.15) is 0 Å². The van der Waals surface area contributed by atoms with E-state index in [-0.39, 0.29) is 11.3 Å². The smallest absolute Gasteiger partial charge is 0.306 e. The summed E-state index contributed by atoms with van der Waals surface area (Å²) in [6, 6.07) is 0. The second-order valence-corrected chi connectivity index (χ2v) is 4.97. The predicted molar refractivity (Wildman–Crippen MR) is 52.5 cm³/mol. The third-order valence-corrected chi connectivity index (χ3v) is 3.58. The Morgan fingerprint density at radius 1 is 1.46 bits per heavy atom. The van der Waals surface area contributed by atoms with Crippen molar-refractivity contribution in [2.75, 3.05) is 0 Å². The zero-order valence-electron chi connectivity index (χ0n) is 8.84. The number of carbonyl (C=O) groups is 1. The largest absolute Gasteiger partial charge is 0.481 e. The molecule has 1 N–H and O–H groups in total. The van der Waals surface area contributed by atoms with Crippen molar-refractivity contribution in [3.8, 4) is 0 Å². The van der Waals surface area contributed by atoms with Gasteiger partial charge in [0.25, 0.3) is 0 Å². The minimum absolute atomic E-state index is 0.185. The van der Waals surface area contributed by atoms with Gasteiger partial charge in [-0.15, -0.1) is 0 Å². The molecule has 2 atom stereocenters. The molecule has 0 saturated heterocycles. The molecule has 2 heteroatoms. The molecule has 1 saturated carbocycles. The molecule has 0 aliphatic heterocycles. The monoisotopic (exact) mass is 184 g/mol. The van der Waals surface area contributed by atoms with E-state index in [0.717, 1.165) is 6.42 Å². The van der Waals surface area contributed by atoms with Crippen LogP contribution in [0, 0.1) is 17.3 Å². The van der Waals surface area contributed by atoms with E-state index >= 15 is 0 Å². The fraction of sp³-hybridized carbons (Fsp3) is 0.909. The summed E-state index contributed by atoms with van der Waals surface area (Å²) >= 11 is 0. The number of hydrogen-bond donors (Lipinski definition) is 1. The van der Waals surface area contributed by atoms with E-state index in [1.54, 1.807) is 0 Å². The van der Waals surface area contributed by atoms with Crippen molar-refractivity contribution in [3.63, 3.8) is 0 Å². The number of aliphatic carboxylic acids is 1. The highest BCUT2D eigenvalue weighted by Gasteiger charge is 2.38. The molecule has 13 heavy (non-hydrogen) atoms. The molecular weight excluding hydrogens is 164 g/mol. The topological polar surface area (TPSA) is 37.3 Å². The van der Waals surface area contributed by atoms with Crippen molar-refractivity contribution in [2.45, 2.75) is 46.5 Å². The SMILES string of the molecule is CC(C(=O)O)C1CCCCC1(C)C. The van der Waals surface area contributed by atoms with Crippen molar-refractivity contribution < 1.29 is 9.90 Å². The molecule has 0 radical (unpaired) electrons. The van der Waals surface area contributed by atoms with Crippen LogP contribution in [0.25, 0.3) is 0 Å². The first-order valence-electron chi connectivity index (χ1n) is 5.18. The molecule has 1 aliphatic carbocycles. The van der Waals surface area contributed by atoms with E-state index in [0.29, 0.717) is 5.92 Å². The highest BCUT2D eigenvalue weighted by molar-refractivity contribution is 5.70. The molecule has 0 heterocycles. The van der Waals surface area contributed by atoms with E-state index in [4.69, 9.17) is 5.11 Å². The van der Waals surface area contributed by atoms with E-state index in [1.807, 2.05) is 6.92 Å². The highest BCUT2D eigenvalue weighted by Crippen LogP contribution is 2.44. The Morgan fingerprint density at radius 2 is 2.08 bits per heavy atom. The Kier molecular flexibility index (Phi) is 2.99. The molecule has 1 aliphatic rings. The van der Waals surface area contributed by atoms with Gasteiger partial charge >= 0.3 is 5.97 Å². The van der Waals surface area contributed by atoms with Crippen LogP contribution in [0.2, 0.25) is 0 Å².